The number of rotatable bonds is 9. The number of aromatic nitrogens is 2. The number of fused-ring (bicyclic) bond motifs is 1. The van der Waals surface area contributed by atoms with Crippen LogP contribution in [0.5, 0.6) is 11.5 Å². The van der Waals surface area contributed by atoms with Crippen molar-refractivity contribution < 1.29 is 33.1 Å². The van der Waals surface area contributed by atoms with Crippen LogP contribution in [0.2, 0.25) is 0 Å². The van der Waals surface area contributed by atoms with Crippen LogP contribution in [0.15, 0.2) is 65.5 Å². The molecule has 206 valence electrons. The summed E-state index contributed by atoms with van der Waals surface area (Å²) in [5, 5.41) is 15.2. The van der Waals surface area contributed by atoms with Gasteiger partial charge >= 0.3 is 0 Å². The lowest BCUT2D eigenvalue weighted by atomic mass is 9.81. The van der Waals surface area contributed by atoms with Crippen molar-refractivity contribution in [1.82, 2.24) is 10.1 Å². The molecule has 0 spiro atoms. The van der Waals surface area contributed by atoms with Crippen molar-refractivity contribution >= 4 is 11.7 Å². The number of aliphatic hydroxyl groups is 1. The highest BCUT2D eigenvalue weighted by atomic mass is 19.1. The molecular formula is C30H28FN3O6. The third-order valence-electron chi connectivity index (χ3n) is 7.39. The summed E-state index contributed by atoms with van der Waals surface area (Å²) in [4.78, 5) is 30.2. The lowest BCUT2D eigenvalue weighted by molar-refractivity contribution is -0.123. The van der Waals surface area contributed by atoms with Crippen LogP contribution in [0.4, 0.5) is 4.39 Å². The SMILES string of the molecule is COc1cc(C(=O)CC[C@](C)(O)c2cc3c(c(-c4ccc(F)cc4)n2)OC[C@]3(C)C(N)=O)ccc1-c1cnoc1. The Morgan fingerprint density at radius 3 is 2.58 bits per heavy atom. The summed E-state index contributed by atoms with van der Waals surface area (Å²) in [6.45, 7) is 3.22. The van der Waals surface area contributed by atoms with Crippen LogP contribution < -0.4 is 15.2 Å². The Labute approximate surface area is 229 Å². The number of primary amides is 1. The molecule has 10 heteroatoms. The van der Waals surface area contributed by atoms with Crippen LogP contribution in [0.25, 0.3) is 22.4 Å². The van der Waals surface area contributed by atoms with E-state index in [-0.39, 0.29) is 30.9 Å². The maximum absolute atomic E-state index is 13.6. The lowest BCUT2D eigenvalue weighted by Gasteiger charge is -2.26. The van der Waals surface area contributed by atoms with E-state index >= 15 is 0 Å². The second-order valence-corrected chi connectivity index (χ2v) is 10.2. The molecule has 0 fully saturated rings. The number of pyridine rings is 1. The van der Waals surface area contributed by atoms with Crippen molar-refractivity contribution in [3.05, 3.63) is 83.6 Å². The summed E-state index contributed by atoms with van der Waals surface area (Å²) in [6.07, 6.45) is 3.06. The molecule has 1 aliphatic heterocycles. The first kappa shape index (κ1) is 27.0. The molecule has 0 radical (unpaired) electrons. The van der Waals surface area contributed by atoms with Gasteiger partial charge in [-0.2, -0.15) is 0 Å². The van der Waals surface area contributed by atoms with Gasteiger partial charge in [-0.25, -0.2) is 9.37 Å². The standard InChI is InChI=1S/C30H28FN3O6/c1-29(28(32)36)16-39-27-22(29)13-25(34-26(27)17-4-7-20(31)8-5-17)30(2,37)11-10-23(35)18-6-9-21(24(12-18)38-3)19-14-33-40-15-19/h4-9,12-15,37H,10-11,16H2,1-3H3,(H2,32,36)/t29-,30-/m0/s1. The van der Waals surface area contributed by atoms with Crippen LogP contribution in [-0.2, 0) is 15.8 Å². The van der Waals surface area contributed by atoms with Gasteiger partial charge in [0.05, 0.1) is 19.0 Å². The van der Waals surface area contributed by atoms with Crippen molar-refractivity contribution in [3.8, 4) is 33.9 Å². The monoisotopic (exact) mass is 545 g/mol. The van der Waals surface area contributed by atoms with Gasteiger partial charge in [-0.1, -0.05) is 11.2 Å². The number of carbonyl (C=O) groups is 2. The second kappa shape index (κ2) is 10.2. The van der Waals surface area contributed by atoms with Gasteiger partial charge < -0.3 is 24.8 Å². The molecule has 1 amide bonds. The molecule has 2 aromatic carbocycles. The zero-order valence-electron chi connectivity index (χ0n) is 22.2. The summed E-state index contributed by atoms with van der Waals surface area (Å²) in [5.74, 6) is -0.386. The Balaban J connectivity index is 1.45. The van der Waals surface area contributed by atoms with Gasteiger partial charge in [-0.05, 0) is 62.7 Å². The van der Waals surface area contributed by atoms with Gasteiger partial charge in [0.15, 0.2) is 5.78 Å². The van der Waals surface area contributed by atoms with Crippen molar-refractivity contribution in [2.75, 3.05) is 13.7 Å². The lowest BCUT2D eigenvalue weighted by Crippen LogP contribution is -2.40. The molecule has 0 saturated carbocycles. The van der Waals surface area contributed by atoms with E-state index in [1.165, 1.54) is 25.5 Å². The van der Waals surface area contributed by atoms with Crippen LogP contribution in [-0.4, -0.2) is 40.7 Å². The van der Waals surface area contributed by atoms with Gasteiger partial charge in [0.25, 0.3) is 0 Å². The molecule has 2 atom stereocenters. The average Bonchev–Trinajstić information content (AvgIpc) is 3.60. The van der Waals surface area contributed by atoms with E-state index in [2.05, 4.69) is 10.1 Å². The Bertz CT molecular complexity index is 1580. The second-order valence-electron chi connectivity index (χ2n) is 10.2. The fourth-order valence-corrected chi connectivity index (χ4v) is 4.74. The molecule has 4 aromatic rings. The number of hydrogen-bond acceptors (Lipinski definition) is 8. The highest BCUT2D eigenvalue weighted by Gasteiger charge is 2.45. The van der Waals surface area contributed by atoms with E-state index in [9.17, 15) is 19.1 Å². The summed E-state index contributed by atoms with van der Waals surface area (Å²) in [6, 6.07) is 12.3. The summed E-state index contributed by atoms with van der Waals surface area (Å²) < 4.78 is 29.9. The van der Waals surface area contributed by atoms with Crippen LogP contribution in [0.3, 0.4) is 0 Å². The van der Waals surface area contributed by atoms with E-state index in [0.717, 1.165) is 5.56 Å². The normalized spacial score (nSPS) is 17.5. The molecule has 1 aliphatic rings. The first-order chi connectivity index (χ1) is 19.0. The molecule has 3 heterocycles. The highest BCUT2D eigenvalue weighted by molar-refractivity contribution is 5.97. The number of carbonyl (C=O) groups excluding carboxylic acids is 2. The molecule has 9 nitrogen and oxygen atoms in total. The Morgan fingerprint density at radius 2 is 1.93 bits per heavy atom. The molecule has 0 aliphatic carbocycles. The van der Waals surface area contributed by atoms with Crippen LogP contribution in [0, 0.1) is 5.82 Å². The first-order valence-electron chi connectivity index (χ1n) is 12.6. The van der Waals surface area contributed by atoms with Crippen molar-refractivity contribution in [2.45, 2.75) is 37.7 Å². The largest absolute Gasteiger partial charge is 0.496 e. The number of halogens is 1. The maximum Gasteiger partial charge on any atom is 0.231 e. The van der Waals surface area contributed by atoms with E-state index in [4.69, 9.17) is 19.7 Å². The van der Waals surface area contributed by atoms with E-state index < -0.39 is 22.7 Å². The third kappa shape index (κ3) is 4.82. The molecular weight excluding hydrogens is 517 g/mol. The molecule has 0 unspecified atom stereocenters. The smallest absolute Gasteiger partial charge is 0.231 e. The van der Waals surface area contributed by atoms with Gasteiger partial charge in [-0.3, -0.25) is 9.59 Å². The minimum absolute atomic E-state index is 0.00298. The summed E-state index contributed by atoms with van der Waals surface area (Å²) in [5.41, 5.74) is 6.46. The number of benzene rings is 2. The van der Waals surface area contributed by atoms with Crippen molar-refractivity contribution in [2.24, 2.45) is 5.73 Å². The fraction of sp³-hybridized carbons (Fsp3) is 0.267. The van der Waals surface area contributed by atoms with E-state index in [1.54, 1.807) is 56.4 Å². The molecule has 5 rings (SSSR count). The van der Waals surface area contributed by atoms with Gasteiger partial charge in [0.1, 0.15) is 46.9 Å². The number of hydrogen-bond donors (Lipinski definition) is 2. The number of nitrogens with zero attached hydrogens (tertiary/aromatic N) is 2. The topological polar surface area (TPSA) is 138 Å². The zero-order chi connectivity index (χ0) is 28.7. The van der Waals surface area contributed by atoms with E-state index in [1.807, 2.05) is 0 Å². The fourth-order valence-electron chi connectivity index (χ4n) is 4.74. The molecule has 0 bridgehead atoms. The van der Waals surface area contributed by atoms with Gasteiger partial charge in [-0.15, -0.1) is 0 Å². The maximum atomic E-state index is 13.6. The minimum Gasteiger partial charge on any atom is -0.496 e. The number of ketones is 1. The number of methoxy groups -OCH3 is 1. The van der Waals surface area contributed by atoms with Gasteiger partial charge in [0, 0.05) is 34.2 Å². The average molecular weight is 546 g/mol. The Kier molecular flexibility index (Phi) is 6.89. The minimum atomic E-state index is -1.56. The first-order valence-corrected chi connectivity index (χ1v) is 12.6. The van der Waals surface area contributed by atoms with Crippen molar-refractivity contribution in [3.63, 3.8) is 0 Å². The number of amides is 1. The predicted molar refractivity (Wildman–Crippen MR) is 143 cm³/mol. The number of ether oxygens (including phenoxy) is 2. The molecule has 0 saturated heterocycles. The number of nitrogens with two attached hydrogens (primary N) is 1. The highest BCUT2D eigenvalue weighted by Crippen LogP contribution is 2.46. The van der Waals surface area contributed by atoms with Crippen LogP contribution in [0.1, 0.15) is 48.3 Å². The zero-order valence-corrected chi connectivity index (χ0v) is 22.2. The quantitative estimate of drug-likeness (QED) is 0.292. The van der Waals surface area contributed by atoms with E-state index in [0.29, 0.717) is 39.4 Å². The predicted octanol–water partition coefficient (Wildman–Crippen LogP) is 4.56. The van der Waals surface area contributed by atoms with Crippen LogP contribution >= 0.6 is 0 Å². The molecule has 2 aromatic heterocycles. The molecule has 3 N–H and O–H groups in total. The summed E-state index contributed by atoms with van der Waals surface area (Å²) in [7, 11) is 1.51. The Hall–Kier alpha value is -4.57. The summed E-state index contributed by atoms with van der Waals surface area (Å²) >= 11 is 0. The Morgan fingerprint density at radius 1 is 1.18 bits per heavy atom. The molecule has 40 heavy (non-hydrogen) atoms. The third-order valence-corrected chi connectivity index (χ3v) is 7.39. The van der Waals surface area contributed by atoms with Gasteiger partial charge in [0.2, 0.25) is 5.91 Å². The van der Waals surface area contributed by atoms with Crippen molar-refractivity contribution in [1.29, 1.82) is 0 Å². The number of Topliss-reactive ketones (excluding diaryl/α,β-unsaturated/α-hetero) is 1.